The van der Waals surface area contributed by atoms with E-state index in [1.54, 1.807) is 0 Å². The summed E-state index contributed by atoms with van der Waals surface area (Å²) in [6.07, 6.45) is 3.53. The molecular weight excluding hydrogens is 366 g/mol. The second kappa shape index (κ2) is 8.72. The van der Waals surface area contributed by atoms with Gasteiger partial charge in [-0.15, -0.1) is 0 Å². The van der Waals surface area contributed by atoms with Crippen molar-refractivity contribution in [3.05, 3.63) is 67.1 Å². The number of nitrogens with one attached hydrogen (secondary N) is 1. The van der Waals surface area contributed by atoms with Crippen LogP contribution >= 0.6 is 0 Å². The lowest BCUT2D eigenvalue weighted by atomic mass is 10.1. The molecule has 148 valence electrons. The quantitative estimate of drug-likeness (QED) is 0.401. The van der Waals surface area contributed by atoms with Gasteiger partial charge < -0.3 is 25.5 Å². The third-order valence-corrected chi connectivity index (χ3v) is 4.65. The van der Waals surface area contributed by atoms with Crippen molar-refractivity contribution in [2.45, 2.75) is 0 Å². The van der Waals surface area contributed by atoms with Gasteiger partial charge in [0.15, 0.2) is 5.65 Å². The van der Waals surface area contributed by atoms with Crippen molar-refractivity contribution >= 4 is 16.9 Å². The molecule has 0 spiro atoms. The number of nitrogens with two attached hydrogens (primary N) is 1. The average molecular weight is 389 g/mol. The van der Waals surface area contributed by atoms with Crippen molar-refractivity contribution in [2.24, 2.45) is 0 Å². The molecule has 0 aliphatic carbocycles. The van der Waals surface area contributed by atoms with Crippen LogP contribution in [0.3, 0.4) is 0 Å². The lowest BCUT2D eigenvalue weighted by Crippen LogP contribution is -2.23. The van der Waals surface area contributed by atoms with Crippen LogP contribution < -0.4 is 15.8 Å². The summed E-state index contributed by atoms with van der Waals surface area (Å²) >= 11 is 0. The van der Waals surface area contributed by atoms with E-state index in [-0.39, 0.29) is 6.61 Å². The van der Waals surface area contributed by atoms with E-state index in [0.717, 1.165) is 33.6 Å². The molecule has 4 aromatic rings. The normalized spacial score (nSPS) is 11.1. The Morgan fingerprint density at radius 3 is 2.55 bits per heavy atom. The van der Waals surface area contributed by atoms with Crippen LogP contribution in [0, 0.1) is 0 Å². The maximum atomic E-state index is 8.77. The van der Waals surface area contributed by atoms with Crippen molar-refractivity contribution in [3.63, 3.8) is 0 Å². The number of nitrogens with zero attached hydrogens (tertiary/aromatic N) is 3. The Labute approximate surface area is 168 Å². The molecule has 29 heavy (non-hydrogen) atoms. The molecule has 0 amide bonds. The number of aliphatic hydroxyl groups excluding tert-OH is 1. The standard InChI is InChI=1S/C22H23N5O2/c23-21-20-19(16-4-2-1-3-5-16)14-27(22(20)26-15-25-21)17-6-8-18(9-7-17)29-13-11-24-10-12-28/h1-9,14-15,24,28H,10-13H2,(H2,23,25,26). The van der Waals surface area contributed by atoms with Gasteiger partial charge in [0.1, 0.15) is 24.5 Å². The molecule has 0 aliphatic rings. The zero-order valence-corrected chi connectivity index (χ0v) is 16.0. The summed E-state index contributed by atoms with van der Waals surface area (Å²) < 4.78 is 7.74. The molecule has 0 atom stereocenters. The summed E-state index contributed by atoms with van der Waals surface area (Å²) in [5, 5.41) is 12.7. The zero-order chi connectivity index (χ0) is 20.1. The highest BCUT2D eigenvalue weighted by atomic mass is 16.5. The maximum absolute atomic E-state index is 8.77. The van der Waals surface area contributed by atoms with Gasteiger partial charge >= 0.3 is 0 Å². The number of aromatic nitrogens is 3. The first-order chi connectivity index (χ1) is 14.3. The van der Waals surface area contributed by atoms with Crippen LogP contribution in [-0.4, -0.2) is 45.9 Å². The van der Waals surface area contributed by atoms with Gasteiger partial charge in [0.05, 0.1) is 12.0 Å². The minimum atomic E-state index is 0.124. The highest BCUT2D eigenvalue weighted by Gasteiger charge is 2.15. The van der Waals surface area contributed by atoms with Crippen LogP contribution in [0.2, 0.25) is 0 Å². The number of fused-ring (bicyclic) bond motifs is 1. The van der Waals surface area contributed by atoms with Crippen molar-refractivity contribution in [2.75, 3.05) is 32.0 Å². The van der Waals surface area contributed by atoms with Crippen molar-refractivity contribution in [1.82, 2.24) is 19.9 Å². The maximum Gasteiger partial charge on any atom is 0.150 e. The topological polar surface area (TPSA) is 98.2 Å². The molecule has 0 unspecified atom stereocenters. The summed E-state index contributed by atoms with van der Waals surface area (Å²) in [5.74, 6) is 1.25. The number of ether oxygens (including phenoxy) is 1. The monoisotopic (exact) mass is 389 g/mol. The van der Waals surface area contributed by atoms with Gasteiger partial charge in [-0.25, -0.2) is 9.97 Å². The predicted molar refractivity (Wildman–Crippen MR) is 114 cm³/mol. The van der Waals surface area contributed by atoms with Gasteiger partial charge in [-0.1, -0.05) is 30.3 Å². The molecule has 0 saturated carbocycles. The fraction of sp³-hybridized carbons (Fsp3) is 0.182. The molecule has 0 fully saturated rings. The molecule has 0 aliphatic heterocycles. The molecule has 0 bridgehead atoms. The molecule has 2 aromatic heterocycles. The molecule has 0 saturated heterocycles. The Morgan fingerprint density at radius 2 is 1.79 bits per heavy atom. The summed E-state index contributed by atoms with van der Waals surface area (Å²) in [4.78, 5) is 8.66. The molecule has 4 N–H and O–H groups in total. The van der Waals surface area contributed by atoms with Crippen LogP contribution in [0.1, 0.15) is 0 Å². The van der Waals surface area contributed by atoms with Crippen LogP contribution in [0.15, 0.2) is 67.1 Å². The van der Waals surface area contributed by atoms with E-state index in [1.807, 2.05) is 65.4 Å². The number of rotatable bonds is 8. The largest absolute Gasteiger partial charge is 0.492 e. The number of benzene rings is 2. The van der Waals surface area contributed by atoms with Crippen molar-refractivity contribution in [3.8, 4) is 22.6 Å². The first-order valence-corrected chi connectivity index (χ1v) is 9.49. The van der Waals surface area contributed by atoms with E-state index in [0.29, 0.717) is 25.5 Å². The molecular formula is C22H23N5O2. The highest BCUT2D eigenvalue weighted by molar-refractivity contribution is 6.01. The number of anilines is 1. The van der Waals surface area contributed by atoms with Crippen LogP contribution in [-0.2, 0) is 0 Å². The third kappa shape index (κ3) is 4.06. The lowest BCUT2D eigenvalue weighted by molar-refractivity contribution is 0.276. The Balaban J connectivity index is 1.64. The van der Waals surface area contributed by atoms with Crippen molar-refractivity contribution in [1.29, 1.82) is 0 Å². The Morgan fingerprint density at radius 1 is 1.00 bits per heavy atom. The lowest BCUT2D eigenvalue weighted by Gasteiger charge is -2.09. The fourth-order valence-electron chi connectivity index (χ4n) is 3.27. The number of aliphatic hydroxyl groups is 1. The molecule has 4 rings (SSSR count). The Hall–Kier alpha value is -3.42. The van der Waals surface area contributed by atoms with Gasteiger partial charge in [0.25, 0.3) is 0 Å². The summed E-state index contributed by atoms with van der Waals surface area (Å²) in [7, 11) is 0. The van der Waals surface area contributed by atoms with E-state index in [2.05, 4.69) is 15.3 Å². The van der Waals surface area contributed by atoms with Gasteiger partial charge in [-0.3, -0.25) is 0 Å². The number of nitrogen functional groups attached to an aromatic ring is 1. The minimum absolute atomic E-state index is 0.124. The molecule has 2 heterocycles. The first-order valence-electron chi connectivity index (χ1n) is 9.49. The third-order valence-electron chi connectivity index (χ3n) is 4.65. The Kier molecular flexibility index (Phi) is 5.69. The van der Waals surface area contributed by atoms with Crippen LogP contribution in [0.25, 0.3) is 27.8 Å². The smallest absolute Gasteiger partial charge is 0.150 e. The second-order valence-electron chi connectivity index (χ2n) is 6.55. The van der Waals surface area contributed by atoms with Crippen LogP contribution in [0.5, 0.6) is 5.75 Å². The average Bonchev–Trinajstić information content (AvgIpc) is 3.16. The molecule has 7 nitrogen and oxygen atoms in total. The molecule has 7 heteroatoms. The fourth-order valence-corrected chi connectivity index (χ4v) is 3.27. The van der Waals surface area contributed by atoms with Gasteiger partial charge in [-0.05, 0) is 29.8 Å². The number of hydrogen-bond acceptors (Lipinski definition) is 6. The highest BCUT2D eigenvalue weighted by Crippen LogP contribution is 2.34. The second-order valence-corrected chi connectivity index (χ2v) is 6.55. The minimum Gasteiger partial charge on any atom is -0.492 e. The SMILES string of the molecule is Nc1ncnc2c1c(-c1ccccc1)cn2-c1ccc(OCCNCCO)cc1. The summed E-state index contributed by atoms with van der Waals surface area (Å²) in [5.41, 5.74) is 9.97. The number of hydrogen-bond donors (Lipinski definition) is 3. The molecule has 0 radical (unpaired) electrons. The van der Waals surface area contributed by atoms with Gasteiger partial charge in [0.2, 0.25) is 0 Å². The molecule has 2 aromatic carbocycles. The summed E-state index contributed by atoms with van der Waals surface area (Å²) in [6.45, 7) is 1.91. The van der Waals surface area contributed by atoms with Gasteiger partial charge in [-0.2, -0.15) is 0 Å². The van der Waals surface area contributed by atoms with Gasteiger partial charge in [0, 0.05) is 30.5 Å². The van der Waals surface area contributed by atoms with E-state index >= 15 is 0 Å². The Bertz CT molecular complexity index is 1080. The first kappa shape index (κ1) is 18.9. The zero-order valence-electron chi connectivity index (χ0n) is 16.0. The van der Waals surface area contributed by atoms with E-state index < -0.39 is 0 Å². The van der Waals surface area contributed by atoms with E-state index in [1.165, 1.54) is 6.33 Å². The van der Waals surface area contributed by atoms with E-state index in [9.17, 15) is 0 Å². The van der Waals surface area contributed by atoms with Crippen molar-refractivity contribution < 1.29 is 9.84 Å². The summed E-state index contributed by atoms with van der Waals surface area (Å²) in [6, 6.07) is 17.9. The van der Waals surface area contributed by atoms with E-state index in [4.69, 9.17) is 15.6 Å². The predicted octanol–water partition coefficient (Wildman–Crippen LogP) is 2.63. The van der Waals surface area contributed by atoms with Crippen LogP contribution in [0.4, 0.5) is 5.82 Å².